The van der Waals surface area contributed by atoms with Crippen LogP contribution in [0.15, 0.2) is 34.7 Å². The normalized spacial score (nSPS) is 19.6. The number of Topliss-reactive ketones (excluding diaryl/α,β-unsaturated/α-hetero) is 1. The quantitative estimate of drug-likeness (QED) is 0.453. The molecule has 1 unspecified atom stereocenters. The molecule has 7 nitrogen and oxygen atoms in total. The molecule has 0 fully saturated rings. The lowest BCUT2D eigenvalue weighted by Crippen LogP contribution is -2.39. The number of nitrogens with zero attached hydrogens (tertiary/aromatic N) is 2. The van der Waals surface area contributed by atoms with Crippen LogP contribution in [0.25, 0.3) is 0 Å². The summed E-state index contributed by atoms with van der Waals surface area (Å²) in [5, 5.41) is 14.6. The van der Waals surface area contributed by atoms with Gasteiger partial charge in [0.05, 0.1) is 23.5 Å². The molecule has 29 heavy (non-hydrogen) atoms. The molecule has 1 N–H and O–H groups in total. The summed E-state index contributed by atoms with van der Waals surface area (Å²) in [6.07, 6.45) is 6.41. The summed E-state index contributed by atoms with van der Waals surface area (Å²) in [5.41, 5.74) is 2.13. The van der Waals surface area contributed by atoms with E-state index in [0.29, 0.717) is 36.6 Å². The van der Waals surface area contributed by atoms with Crippen molar-refractivity contribution in [3.8, 4) is 18.1 Å². The lowest BCUT2D eigenvalue weighted by Gasteiger charge is -2.30. The first-order chi connectivity index (χ1) is 14.0. The van der Waals surface area contributed by atoms with Gasteiger partial charge in [0.1, 0.15) is 18.1 Å². The number of carbonyl (C=O) groups is 2. The predicted molar refractivity (Wildman–Crippen MR) is 109 cm³/mol. The number of allylic oxidation sites excluding steroid dienone is 2. The molecule has 0 aromatic heterocycles. The van der Waals surface area contributed by atoms with Crippen molar-refractivity contribution in [3.63, 3.8) is 0 Å². The van der Waals surface area contributed by atoms with Crippen molar-refractivity contribution in [3.05, 3.63) is 35.1 Å². The van der Waals surface area contributed by atoms with Crippen LogP contribution in [0.5, 0.6) is 5.75 Å². The van der Waals surface area contributed by atoms with Crippen LogP contribution in [0.2, 0.25) is 0 Å². The highest BCUT2D eigenvalue weighted by atomic mass is 16.6. The standard InChI is InChI=1S/C22H24N2O5/c1-4-9-24-17-10-14(7-8-20(17)28-13-21(24)27)15-11-18(25)22(19(26)12-15)16(5-2)23-29-6-3/h1,7-8,10,15,25H,5-6,9,11-13H2,2-3H3/b23-16+. The Labute approximate surface area is 170 Å². The van der Waals surface area contributed by atoms with Gasteiger partial charge in [0, 0.05) is 12.8 Å². The summed E-state index contributed by atoms with van der Waals surface area (Å²) in [6.45, 7) is 4.14. The van der Waals surface area contributed by atoms with Gasteiger partial charge in [-0.3, -0.25) is 14.5 Å². The maximum atomic E-state index is 12.8. The van der Waals surface area contributed by atoms with Gasteiger partial charge in [0.15, 0.2) is 12.4 Å². The van der Waals surface area contributed by atoms with E-state index in [0.717, 1.165) is 5.56 Å². The number of aliphatic hydroxyl groups is 1. The molecule has 1 aliphatic heterocycles. The summed E-state index contributed by atoms with van der Waals surface area (Å²) >= 11 is 0. The zero-order valence-electron chi connectivity index (χ0n) is 16.6. The van der Waals surface area contributed by atoms with Gasteiger partial charge >= 0.3 is 0 Å². The Balaban J connectivity index is 1.91. The van der Waals surface area contributed by atoms with Crippen LogP contribution >= 0.6 is 0 Å². The molecule has 7 heteroatoms. The average Bonchev–Trinajstić information content (AvgIpc) is 2.71. The monoisotopic (exact) mass is 396 g/mol. The Morgan fingerprint density at radius 1 is 1.38 bits per heavy atom. The number of hydrogen-bond donors (Lipinski definition) is 1. The number of anilines is 1. The first-order valence-electron chi connectivity index (χ1n) is 9.65. The van der Waals surface area contributed by atoms with Crippen molar-refractivity contribution in [1.29, 1.82) is 0 Å². The zero-order valence-corrected chi connectivity index (χ0v) is 16.6. The Bertz CT molecular complexity index is 926. The van der Waals surface area contributed by atoms with Crippen molar-refractivity contribution >= 4 is 23.1 Å². The number of fused-ring (bicyclic) bond motifs is 1. The number of aliphatic hydroxyl groups excluding tert-OH is 1. The molecular formula is C22H24N2O5. The van der Waals surface area contributed by atoms with E-state index in [1.807, 2.05) is 19.1 Å². The van der Waals surface area contributed by atoms with Crippen LogP contribution in [0, 0.1) is 12.3 Å². The number of ether oxygens (including phenoxy) is 1. The van der Waals surface area contributed by atoms with E-state index in [2.05, 4.69) is 11.1 Å². The summed E-state index contributed by atoms with van der Waals surface area (Å²) in [6, 6.07) is 5.44. The van der Waals surface area contributed by atoms with Gasteiger partial charge in [-0.25, -0.2) is 0 Å². The fourth-order valence-corrected chi connectivity index (χ4v) is 3.62. The third-order valence-corrected chi connectivity index (χ3v) is 5.01. The number of rotatable bonds is 6. The Hall–Kier alpha value is -3.27. The van der Waals surface area contributed by atoms with Gasteiger partial charge in [-0.15, -0.1) is 6.42 Å². The Morgan fingerprint density at radius 3 is 2.83 bits per heavy atom. The Kier molecular flexibility index (Phi) is 6.23. The van der Waals surface area contributed by atoms with Crippen molar-refractivity contribution in [2.24, 2.45) is 5.16 Å². The molecule has 1 amide bonds. The fourth-order valence-electron chi connectivity index (χ4n) is 3.62. The molecule has 0 bridgehead atoms. The second-order valence-corrected chi connectivity index (χ2v) is 6.86. The average molecular weight is 396 g/mol. The first-order valence-corrected chi connectivity index (χ1v) is 9.65. The SMILES string of the molecule is C#CCN1C(=O)COc2ccc(C3CC(=O)C(/C(CC)=N/OCC)=C(O)C3)cc21. The van der Waals surface area contributed by atoms with Gasteiger partial charge in [0.2, 0.25) is 0 Å². The van der Waals surface area contributed by atoms with E-state index < -0.39 is 0 Å². The molecule has 1 atom stereocenters. The van der Waals surface area contributed by atoms with Crippen molar-refractivity contribution in [2.45, 2.75) is 39.0 Å². The van der Waals surface area contributed by atoms with E-state index in [-0.39, 0.29) is 48.5 Å². The van der Waals surface area contributed by atoms with Crippen LogP contribution in [0.4, 0.5) is 5.69 Å². The van der Waals surface area contributed by atoms with Crippen LogP contribution < -0.4 is 9.64 Å². The number of ketones is 1. The molecule has 1 heterocycles. The summed E-state index contributed by atoms with van der Waals surface area (Å²) < 4.78 is 5.48. The van der Waals surface area contributed by atoms with Gasteiger partial charge in [-0.1, -0.05) is 24.1 Å². The van der Waals surface area contributed by atoms with E-state index in [9.17, 15) is 14.7 Å². The van der Waals surface area contributed by atoms with Gasteiger partial charge in [-0.2, -0.15) is 0 Å². The van der Waals surface area contributed by atoms with Crippen LogP contribution in [-0.2, 0) is 14.4 Å². The summed E-state index contributed by atoms with van der Waals surface area (Å²) in [5.74, 6) is 2.47. The molecule has 3 rings (SSSR count). The topological polar surface area (TPSA) is 88.4 Å². The molecule has 1 aromatic carbocycles. The molecule has 0 saturated heterocycles. The highest BCUT2D eigenvalue weighted by Crippen LogP contribution is 2.39. The van der Waals surface area contributed by atoms with E-state index in [4.69, 9.17) is 16.0 Å². The number of terminal acetylenes is 1. The number of oxime groups is 1. The lowest BCUT2D eigenvalue weighted by atomic mass is 9.80. The largest absolute Gasteiger partial charge is 0.511 e. The second-order valence-electron chi connectivity index (χ2n) is 6.86. The van der Waals surface area contributed by atoms with E-state index >= 15 is 0 Å². The maximum absolute atomic E-state index is 12.8. The van der Waals surface area contributed by atoms with Crippen molar-refractivity contribution in [2.75, 3.05) is 24.7 Å². The van der Waals surface area contributed by atoms with Gasteiger partial charge in [0.25, 0.3) is 5.91 Å². The van der Waals surface area contributed by atoms with Gasteiger partial charge in [-0.05, 0) is 37.0 Å². The van der Waals surface area contributed by atoms with E-state index in [1.165, 1.54) is 4.90 Å². The number of carbonyl (C=O) groups excluding carboxylic acids is 2. The van der Waals surface area contributed by atoms with Crippen molar-refractivity contribution < 1.29 is 24.3 Å². The lowest BCUT2D eigenvalue weighted by molar-refractivity contribution is -0.121. The maximum Gasteiger partial charge on any atom is 0.265 e. The summed E-state index contributed by atoms with van der Waals surface area (Å²) in [4.78, 5) is 31.5. The van der Waals surface area contributed by atoms with E-state index in [1.54, 1.807) is 13.0 Å². The highest BCUT2D eigenvalue weighted by molar-refractivity contribution is 6.23. The molecule has 1 aliphatic carbocycles. The van der Waals surface area contributed by atoms with Crippen LogP contribution in [0.3, 0.4) is 0 Å². The highest BCUT2D eigenvalue weighted by Gasteiger charge is 2.33. The zero-order chi connectivity index (χ0) is 21.0. The molecule has 0 saturated carbocycles. The minimum Gasteiger partial charge on any atom is -0.511 e. The van der Waals surface area contributed by atoms with Gasteiger partial charge < -0.3 is 14.7 Å². The molecule has 0 spiro atoms. The smallest absolute Gasteiger partial charge is 0.265 e. The molecule has 0 radical (unpaired) electrons. The molecule has 1 aromatic rings. The second kappa shape index (κ2) is 8.82. The third-order valence-electron chi connectivity index (χ3n) is 5.01. The fraction of sp³-hybridized carbons (Fsp3) is 0.409. The molecule has 2 aliphatic rings. The number of benzene rings is 1. The Morgan fingerprint density at radius 2 is 2.17 bits per heavy atom. The van der Waals surface area contributed by atoms with Crippen molar-refractivity contribution in [1.82, 2.24) is 0 Å². The molecule has 152 valence electrons. The van der Waals surface area contributed by atoms with Crippen LogP contribution in [-0.4, -0.2) is 42.3 Å². The third kappa shape index (κ3) is 4.11. The minimum absolute atomic E-state index is 0.0112. The number of amides is 1. The van der Waals surface area contributed by atoms with Crippen LogP contribution in [0.1, 0.15) is 44.6 Å². The number of hydrogen-bond acceptors (Lipinski definition) is 6. The first kappa shape index (κ1) is 20.5. The summed E-state index contributed by atoms with van der Waals surface area (Å²) in [7, 11) is 0. The minimum atomic E-state index is -0.216. The predicted octanol–water partition coefficient (Wildman–Crippen LogP) is 3.11. The molecular weight excluding hydrogens is 372 g/mol.